The molecule has 0 saturated heterocycles. The van der Waals surface area contributed by atoms with Crippen molar-refractivity contribution in [3.8, 4) is 5.75 Å². The zero-order valence-electron chi connectivity index (χ0n) is 9.81. The van der Waals surface area contributed by atoms with E-state index in [1.165, 1.54) is 0 Å². The Bertz CT molecular complexity index is 580. The number of aromatic amines is 1. The van der Waals surface area contributed by atoms with Gasteiger partial charge in [-0.1, -0.05) is 15.9 Å². The Morgan fingerprint density at radius 3 is 3.06 bits per heavy atom. The van der Waals surface area contributed by atoms with Gasteiger partial charge in [-0.3, -0.25) is 5.10 Å². The lowest BCUT2D eigenvalue weighted by molar-refractivity contribution is 0.336. The first-order chi connectivity index (χ1) is 8.70. The first-order valence-corrected chi connectivity index (χ1v) is 6.68. The van der Waals surface area contributed by atoms with Gasteiger partial charge in [-0.05, 0) is 37.3 Å². The molecule has 1 aromatic carbocycles. The van der Waals surface area contributed by atoms with E-state index in [0.29, 0.717) is 17.9 Å². The molecule has 2 N–H and O–H groups in total. The summed E-state index contributed by atoms with van der Waals surface area (Å²) >= 11 is 8.50. The molecular formula is C11H13BrN4OS. The van der Waals surface area contributed by atoms with Crippen LogP contribution < -0.4 is 10.2 Å². The molecule has 0 saturated carbocycles. The maximum Gasteiger partial charge on any atom is 0.214 e. The predicted molar refractivity (Wildman–Crippen MR) is 75.8 cm³/mol. The topological polar surface area (TPSA) is 54.9 Å². The van der Waals surface area contributed by atoms with Crippen LogP contribution in [0, 0.1) is 4.77 Å². The number of halogens is 1. The monoisotopic (exact) mass is 328 g/mol. The first-order valence-electron chi connectivity index (χ1n) is 5.48. The second kappa shape index (κ2) is 6.01. The number of ether oxygens (including phenoxy) is 1. The van der Waals surface area contributed by atoms with Crippen molar-refractivity contribution in [3.63, 3.8) is 0 Å². The van der Waals surface area contributed by atoms with E-state index in [-0.39, 0.29) is 0 Å². The normalized spacial score (nSPS) is 10.3. The third kappa shape index (κ3) is 3.11. The number of nitrogens with one attached hydrogen (secondary N) is 2. The Kier molecular flexibility index (Phi) is 4.38. The molecule has 0 atom stereocenters. The summed E-state index contributed by atoms with van der Waals surface area (Å²) in [6.07, 6.45) is 1.60. The largest absolute Gasteiger partial charge is 0.494 e. The summed E-state index contributed by atoms with van der Waals surface area (Å²) in [5.41, 5.74) is 4.20. The fourth-order valence-corrected chi connectivity index (χ4v) is 2.09. The molecule has 7 heteroatoms. The van der Waals surface area contributed by atoms with Crippen LogP contribution in [0.25, 0.3) is 0 Å². The van der Waals surface area contributed by atoms with Crippen LogP contribution in [0.2, 0.25) is 0 Å². The molecule has 18 heavy (non-hydrogen) atoms. The second-order valence-corrected chi connectivity index (χ2v) is 4.85. The minimum atomic E-state index is 0.531. The molecule has 0 spiro atoms. The van der Waals surface area contributed by atoms with E-state index in [9.17, 15) is 0 Å². The van der Waals surface area contributed by atoms with Crippen molar-refractivity contribution in [2.45, 2.75) is 13.5 Å². The van der Waals surface area contributed by atoms with Crippen molar-refractivity contribution in [3.05, 3.63) is 39.3 Å². The van der Waals surface area contributed by atoms with Gasteiger partial charge in [-0.25, -0.2) is 4.68 Å². The zero-order valence-corrected chi connectivity index (χ0v) is 12.2. The number of H-pyrrole nitrogens is 1. The molecule has 1 aromatic heterocycles. The highest BCUT2D eigenvalue weighted by Crippen LogP contribution is 2.23. The third-order valence-electron chi connectivity index (χ3n) is 2.31. The summed E-state index contributed by atoms with van der Waals surface area (Å²) in [5, 5.41) is 6.52. The summed E-state index contributed by atoms with van der Waals surface area (Å²) in [6, 6.07) is 5.92. The van der Waals surface area contributed by atoms with Crippen molar-refractivity contribution >= 4 is 28.1 Å². The van der Waals surface area contributed by atoms with Gasteiger partial charge in [0.25, 0.3) is 0 Å². The molecule has 0 unspecified atom stereocenters. The van der Waals surface area contributed by atoms with E-state index >= 15 is 0 Å². The van der Waals surface area contributed by atoms with Crippen LogP contribution in [-0.4, -0.2) is 21.5 Å². The molecule has 0 radical (unpaired) electrons. The molecular weight excluding hydrogens is 316 g/mol. The van der Waals surface area contributed by atoms with E-state index in [0.717, 1.165) is 15.8 Å². The molecule has 0 aliphatic rings. The van der Waals surface area contributed by atoms with Gasteiger partial charge in [0.1, 0.15) is 12.1 Å². The average molecular weight is 329 g/mol. The smallest absolute Gasteiger partial charge is 0.214 e. The molecule has 1 heterocycles. The van der Waals surface area contributed by atoms with Crippen LogP contribution >= 0.6 is 28.1 Å². The molecule has 0 fully saturated rings. The zero-order chi connectivity index (χ0) is 13.0. The fraction of sp³-hybridized carbons (Fsp3) is 0.273. The van der Waals surface area contributed by atoms with E-state index in [1.807, 2.05) is 25.1 Å². The van der Waals surface area contributed by atoms with Gasteiger partial charge in [0.15, 0.2) is 0 Å². The molecule has 2 rings (SSSR count). The van der Waals surface area contributed by atoms with Crippen LogP contribution in [0.15, 0.2) is 29.0 Å². The molecule has 96 valence electrons. The maximum atomic E-state index is 5.57. The SMILES string of the molecule is CCOc1ccc(Br)cc1CNn1cn[nH]c1=S. The Morgan fingerprint density at radius 2 is 2.39 bits per heavy atom. The molecule has 2 aromatic rings. The van der Waals surface area contributed by atoms with Crippen molar-refractivity contribution in [2.24, 2.45) is 0 Å². The van der Waals surface area contributed by atoms with Crippen LogP contribution in [-0.2, 0) is 6.54 Å². The van der Waals surface area contributed by atoms with Crippen LogP contribution in [0.4, 0.5) is 0 Å². The number of hydrogen-bond donors (Lipinski definition) is 2. The van der Waals surface area contributed by atoms with E-state index in [4.69, 9.17) is 17.0 Å². The van der Waals surface area contributed by atoms with Gasteiger partial charge in [-0.15, -0.1) is 0 Å². The Hall–Kier alpha value is -1.34. The quantitative estimate of drug-likeness (QED) is 0.829. The Balaban J connectivity index is 2.15. The van der Waals surface area contributed by atoms with Gasteiger partial charge in [-0.2, -0.15) is 5.10 Å². The number of benzene rings is 1. The summed E-state index contributed by atoms with van der Waals surface area (Å²) in [6.45, 7) is 3.20. The number of hydrogen-bond acceptors (Lipinski definition) is 4. The lowest BCUT2D eigenvalue weighted by Gasteiger charge is -2.12. The van der Waals surface area contributed by atoms with E-state index < -0.39 is 0 Å². The minimum Gasteiger partial charge on any atom is -0.494 e. The molecule has 0 bridgehead atoms. The van der Waals surface area contributed by atoms with Gasteiger partial charge in [0.2, 0.25) is 4.77 Å². The van der Waals surface area contributed by atoms with Gasteiger partial charge in [0.05, 0.1) is 13.2 Å². The van der Waals surface area contributed by atoms with Gasteiger partial charge >= 0.3 is 0 Å². The molecule has 0 aliphatic heterocycles. The third-order valence-corrected chi connectivity index (χ3v) is 3.10. The highest BCUT2D eigenvalue weighted by atomic mass is 79.9. The van der Waals surface area contributed by atoms with Crippen molar-refractivity contribution in [1.82, 2.24) is 14.9 Å². The highest BCUT2D eigenvalue weighted by Gasteiger charge is 2.04. The Morgan fingerprint density at radius 1 is 1.56 bits per heavy atom. The minimum absolute atomic E-state index is 0.531. The summed E-state index contributed by atoms with van der Waals surface area (Å²) in [5.74, 6) is 0.864. The van der Waals surface area contributed by atoms with Crippen molar-refractivity contribution < 1.29 is 4.74 Å². The second-order valence-electron chi connectivity index (χ2n) is 3.55. The summed E-state index contributed by atoms with van der Waals surface area (Å²) < 4.78 is 8.77. The fourth-order valence-electron chi connectivity index (χ4n) is 1.51. The standard InChI is InChI=1S/C11H13BrN4OS/c1-2-17-10-4-3-9(12)5-8(10)6-14-16-7-13-15-11(16)18/h3-5,7,14H,2,6H2,1H3,(H,15,18). The van der Waals surface area contributed by atoms with Crippen LogP contribution in [0.5, 0.6) is 5.75 Å². The highest BCUT2D eigenvalue weighted by molar-refractivity contribution is 9.10. The average Bonchev–Trinajstić information content (AvgIpc) is 2.75. The molecule has 5 nitrogen and oxygen atoms in total. The van der Waals surface area contributed by atoms with Crippen molar-refractivity contribution in [2.75, 3.05) is 12.0 Å². The Labute approximate surface area is 118 Å². The van der Waals surface area contributed by atoms with Crippen LogP contribution in [0.3, 0.4) is 0 Å². The number of rotatable bonds is 5. The molecule has 0 aliphatic carbocycles. The first kappa shape index (κ1) is 13.1. The van der Waals surface area contributed by atoms with E-state index in [2.05, 4.69) is 31.6 Å². The van der Waals surface area contributed by atoms with Gasteiger partial charge in [0, 0.05) is 10.0 Å². The predicted octanol–water partition coefficient (Wildman–Crippen LogP) is 2.85. The van der Waals surface area contributed by atoms with E-state index in [1.54, 1.807) is 11.0 Å². The summed E-state index contributed by atoms with van der Waals surface area (Å²) in [4.78, 5) is 0. The number of nitrogens with zero attached hydrogens (tertiary/aromatic N) is 2. The maximum absolute atomic E-state index is 5.57. The lowest BCUT2D eigenvalue weighted by Crippen LogP contribution is -2.14. The molecule has 0 amide bonds. The lowest BCUT2D eigenvalue weighted by atomic mass is 10.2. The number of aromatic nitrogens is 3. The summed E-state index contributed by atoms with van der Waals surface area (Å²) in [7, 11) is 0. The van der Waals surface area contributed by atoms with Gasteiger partial charge < -0.3 is 10.2 Å². The van der Waals surface area contributed by atoms with Crippen LogP contribution in [0.1, 0.15) is 12.5 Å². The van der Waals surface area contributed by atoms with Crippen molar-refractivity contribution in [1.29, 1.82) is 0 Å².